The van der Waals surface area contributed by atoms with Crippen LogP contribution in [0.15, 0.2) is 36.4 Å². The van der Waals surface area contributed by atoms with Crippen molar-refractivity contribution in [1.29, 1.82) is 0 Å². The van der Waals surface area contributed by atoms with Crippen molar-refractivity contribution in [2.24, 2.45) is 0 Å². The maximum absolute atomic E-state index is 4.01. The zero-order valence-corrected chi connectivity index (χ0v) is 7.75. The maximum atomic E-state index is 4.01. The second kappa shape index (κ2) is 3.06. The Labute approximate surface area is 77.8 Å². The lowest BCUT2D eigenvalue weighted by Crippen LogP contribution is -2.08. The summed E-state index contributed by atoms with van der Waals surface area (Å²) in [6, 6.07) is 12.6. The summed E-state index contributed by atoms with van der Waals surface area (Å²) in [7, 11) is 0. The fourth-order valence-corrected chi connectivity index (χ4v) is 1.64. The van der Waals surface area contributed by atoms with E-state index in [0.717, 1.165) is 5.22 Å². The minimum absolute atomic E-state index is 1.10. The minimum Gasteiger partial charge on any atom is -0.0911 e. The van der Waals surface area contributed by atoms with Crippen LogP contribution in [0.25, 0.3) is 23.4 Å². The minimum atomic E-state index is 1.10. The highest BCUT2D eigenvalue weighted by Gasteiger charge is 1.92. The van der Waals surface area contributed by atoms with Gasteiger partial charge in [-0.05, 0) is 28.1 Å². The molecule has 2 aromatic carbocycles. The molecule has 0 aliphatic heterocycles. The third-order valence-electron chi connectivity index (χ3n) is 2.36. The average Bonchev–Trinajstić information content (AvgIpc) is 2.19. The smallest absolute Gasteiger partial charge is 0.0109 e. The summed E-state index contributed by atoms with van der Waals surface area (Å²) in [6.07, 6.45) is 2.13. The van der Waals surface area contributed by atoms with Crippen LogP contribution in [0.1, 0.15) is 6.92 Å². The molecule has 0 amide bonds. The van der Waals surface area contributed by atoms with Crippen LogP contribution in [0.5, 0.6) is 0 Å². The summed E-state index contributed by atoms with van der Waals surface area (Å²) in [5.41, 5.74) is 0. The molecule has 0 heterocycles. The van der Waals surface area contributed by atoms with Gasteiger partial charge in [-0.2, -0.15) is 0 Å². The van der Waals surface area contributed by atoms with Crippen molar-refractivity contribution in [1.82, 2.24) is 0 Å². The second-order valence-electron chi connectivity index (χ2n) is 3.15. The van der Waals surface area contributed by atoms with Gasteiger partial charge in [0.15, 0.2) is 0 Å². The van der Waals surface area contributed by atoms with E-state index in [1.807, 2.05) is 0 Å². The van der Waals surface area contributed by atoms with E-state index in [1.165, 1.54) is 16.0 Å². The van der Waals surface area contributed by atoms with Crippen LogP contribution in [0.4, 0.5) is 0 Å². The third kappa shape index (κ3) is 1.25. The lowest BCUT2D eigenvalue weighted by Gasteiger charge is -1.98. The lowest BCUT2D eigenvalue weighted by atomic mass is 10.1. The van der Waals surface area contributed by atoms with E-state index in [-0.39, 0.29) is 0 Å². The molecular formula is C13H12. The Kier molecular flexibility index (Phi) is 1.90. The normalized spacial score (nSPS) is 12.2. The molecule has 0 spiro atoms. The Morgan fingerprint density at radius 3 is 2.38 bits per heavy atom. The van der Waals surface area contributed by atoms with Crippen molar-refractivity contribution in [2.75, 3.05) is 0 Å². The summed E-state index contributed by atoms with van der Waals surface area (Å²) in [5, 5.41) is 4.92. The first-order valence-corrected chi connectivity index (χ1v) is 4.46. The van der Waals surface area contributed by atoms with Crippen LogP contribution in [0.2, 0.25) is 0 Å². The van der Waals surface area contributed by atoms with Gasteiger partial charge in [-0.3, -0.25) is 0 Å². The van der Waals surface area contributed by atoms with E-state index in [1.54, 1.807) is 0 Å². The molecule has 2 aromatic rings. The van der Waals surface area contributed by atoms with Gasteiger partial charge in [0, 0.05) is 0 Å². The molecule has 0 nitrogen and oxygen atoms in total. The zero-order valence-electron chi connectivity index (χ0n) is 7.75. The third-order valence-corrected chi connectivity index (χ3v) is 2.36. The largest absolute Gasteiger partial charge is 0.0911 e. The van der Waals surface area contributed by atoms with Gasteiger partial charge in [0.05, 0.1) is 0 Å². The molecule has 2 rings (SSSR count). The second-order valence-corrected chi connectivity index (χ2v) is 3.15. The molecule has 0 bridgehead atoms. The van der Waals surface area contributed by atoms with E-state index < -0.39 is 0 Å². The standard InChI is InChI=1S/C13H12/c1-3-11-9-8-10(2)12-6-4-5-7-13(11)12/h3-9H,2H2,1H3/b11-3+. The van der Waals surface area contributed by atoms with Crippen molar-refractivity contribution in [2.45, 2.75) is 6.92 Å². The fraction of sp³-hybridized carbons (Fsp3) is 0.0769. The molecule has 0 heteroatoms. The summed E-state index contributed by atoms with van der Waals surface area (Å²) in [6.45, 7) is 6.07. The van der Waals surface area contributed by atoms with Crippen molar-refractivity contribution >= 4 is 23.4 Å². The molecule has 0 N–H and O–H groups in total. The summed E-state index contributed by atoms with van der Waals surface area (Å²) in [4.78, 5) is 0. The maximum Gasteiger partial charge on any atom is -0.0109 e. The average molecular weight is 168 g/mol. The number of hydrogen-bond donors (Lipinski definition) is 0. The van der Waals surface area contributed by atoms with E-state index >= 15 is 0 Å². The Balaban J connectivity index is 3.11. The number of fused-ring (bicyclic) bond motifs is 1. The number of benzene rings is 2. The summed E-state index contributed by atoms with van der Waals surface area (Å²) < 4.78 is 0. The van der Waals surface area contributed by atoms with E-state index in [9.17, 15) is 0 Å². The first-order valence-electron chi connectivity index (χ1n) is 4.46. The van der Waals surface area contributed by atoms with Gasteiger partial charge in [0.2, 0.25) is 0 Å². The van der Waals surface area contributed by atoms with Gasteiger partial charge in [-0.25, -0.2) is 0 Å². The van der Waals surface area contributed by atoms with Gasteiger partial charge < -0.3 is 0 Å². The molecule has 0 fully saturated rings. The van der Waals surface area contributed by atoms with Crippen LogP contribution >= 0.6 is 0 Å². The van der Waals surface area contributed by atoms with Crippen molar-refractivity contribution in [3.8, 4) is 0 Å². The summed E-state index contributed by atoms with van der Waals surface area (Å²) in [5.74, 6) is 0. The highest BCUT2D eigenvalue weighted by molar-refractivity contribution is 5.83. The predicted octanol–water partition coefficient (Wildman–Crippen LogP) is 2.05. The first-order chi connectivity index (χ1) is 6.33. The van der Waals surface area contributed by atoms with Gasteiger partial charge >= 0.3 is 0 Å². The van der Waals surface area contributed by atoms with Crippen LogP contribution in [0.3, 0.4) is 0 Å². The highest BCUT2D eigenvalue weighted by atomic mass is 14.0. The molecule has 0 atom stereocenters. The zero-order chi connectivity index (χ0) is 9.26. The summed E-state index contributed by atoms with van der Waals surface area (Å²) >= 11 is 0. The molecule has 0 radical (unpaired) electrons. The molecular weight excluding hydrogens is 156 g/mol. The lowest BCUT2D eigenvalue weighted by molar-refractivity contribution is 1.62. The van der Waals surface area contributed by atoms with Crippen molar-refractivity contribution in [3.05, 3.63) is 46.8 Å². The van der Waals surface area contributed by atoms with E-state index in [0.29, 0.717) is 0 Å². The first kappa shape index (κ1) is 8.06. The quantitative estimate of drug-likeness (QED) is 0.565. The Bertz CT molecular complexity index is 535. The molecule has 0 aromatic heterocycles. The fourth-order valence-electron chi connectivity index (χ4n) is 1.64. The Morgan fingerprint density at radius 2 is 1.69 bits per heavy atom. The van der Waals surface area contributed by atoms with Crippen LogP contribution in [0, 0.1) is 0 Å². The Hall–Kier alpha value is -1.56. The van der Waals surface area contributed by atoms with Crippen molar-refractivity contribution < 1.29 is 0 Å². The highest BCUT2D eigenvalue weighted by Crippen LogP contribution is 2.03. The van der Waals surface area contributed by atoms with Crippen LogP contribution < -0.4 is 10.4 Å². The topological polar surface area (TPSA) is 0 Å². The van der Waals surface area contributed by atoms with Gasteiger partial charge in [-0.1, -0.05) is 49.1 Å². The molecule has 0 saturated carbocycles. The van der Waals surface area contributed by atoms with Gasteiger partial charge in [0.25, 0.3) is 0 Å². The molecule has 13 heavy (non-hydrogen) atoms. The van der Waals surface area contributed by atoms with Crippen molar-refractivity contribution in [3.63, 3.8) is 0 Å². The monoisotopic (exact) mass is 168 g/mol. The molecule has 0 aliphatic carbocycles. The SMILES string of the molecule is C=c1cc/c(=C\C)c2ccccc12. The van der Waals surface area contributed by atoms with Crippen LogP contribution in [-0.2, 0) is 0 Å². The molecule has 0 unspecified atom stereocenters. The Morgan fingerprint density at radius 1 is 1.00 bits per heavy atom. The number of rotatable bonds is 0. The molecule has 0 saturated heterocycles. The van der Waals surface area contributed by atoms with E-state index in [2.05, 4.69) is 56.0 Å². The van der Waals surface area contributed by atoms with E-state index in [4.69, 9.17) is 0 Å². The predicted molar refractivity (Wildman–Crippen MR) is 58.9 cm³/mol. The van der Waals surface area contributed by atoms with Crippen LogP contribution in [-0.4, -0.2) is 0 Å². The molecule has 0 aliphatic rings. The number of hydrogen-bond acceptors (Lipinski definition) is 0. The van der Waals surface area contributed by atoms with Gasteiger partial charge in [0.1, 0.15) is 0 Å². The van der Waals surface area contributed by atoms with Gasteiger partial charge in [-0.15, -0.1) is 0 Å². The molecule has 64 valence electrons.